The molecule has 33 heavy (non-hydrogen) atoms. The van der Waals surface area contributed by atoms with Gasteiger partial charge in [-0.05, 0) is 36.7 Å². The van der Waals surface area contributed by atoms with Gasteiger partial charge in [0.25, 0.3) is 17.5 Å². The van der Waals surface area contributed by atoms with E-state index in [0.717, 1.165) is 23.5 Å². The molecule has 3 rings (SSSR count). The van der Waals surface area contributed by atoms with E-state index in [2.05, 4.69) is 10.6 Å². The third-order valence-electron chi connectivity index (χ3n) is 5.71. The molecule has 2 N–H and O–H groups in total. The maximum atomic E-state index is 13.0. The van der Waals surface area contributed by atoms with Crippen molar-refractivity contribution in [2.45, 2.75) is 45.6 Å². The van der Waals surface area contributed by atoms with Gasteiger partial charge in [0.1, 0.15) is 12.1 Å². The van der Waals surface area contributed by atoms with Crippen molar-refractivity contribution in [1.29, 1.82) is 0 Å². The summed E-state index contributed by atoms with van der Waals surface area (Å²) in [5.41, 5.74) is -1.32. The number of amides is 4. The van der Waals surface area contributed by atoms with Crippen molar-refractivity contribution < 1.29 is 28.8 Å². The Morgan fingerprint density at radius 2 is 2.03 bits per heavy atom. The number of nitrogens with zero attached hydrogens (tertiary/aromatic N) is 2. The van der Waals surface area contributed by atoms with Crippen LogP contribution in [0.5, 0.6) is 0 Å². The smallest absolute Gasteiger partial charge is 0.326 e. The van der Waals surface area contributed by atoms with Crippen molar-refractivity contribution in [2.75, 3.05) is 18.5 Å². The number of nitrogens with one attached hydrogen (secondary N) is 2. The molecule has 0 radical (unpaired) electrons. The van der Waals surface area contributed by atoms with Crippen LogP contribution in [0.1, 0.15) is 40.0 Å². The van der Waals surface area contributed by atoms with Crippen LogP contribution < -0.4 is 10.6 Å². The molecule has 2 unspecified atom stereocenters. The first-order valence-corrected chi connectivity index (χ1v) is 10.7. The number of hydrogen-bond acceptors (Lipinski definition) is 7. The second kappa shape index (κ2) is 8.97. The normalized spacial score (nSPS) is 23.9. The standard InChI is InChI=1S/C21H25ClN4O7/c1-12-7-20(2,3)11-21(8-12)18(29)25(19(30)24-21)9-17(28)33-10-16(27)23-15-5-4-13(26(31)32)6-14(15)22/h4-6,12H,7-11H2,1-3H3,(H,23,27)(H,24,30). The first kappa shape index (κ1) is 24.4. The fraction of sp³-hybridized carbons (Fsp3) is 0.524. The summed E-state index contributed by atoms with van der Waals surface area (Å²) >= 11 is 5.91. The molecule has 2 atom stereocenters. The van der Waals surface area contributed by atoms with E-state index in [1.807, 2.05) is 20.8 Å². The Morgan fingerprint density at radius 1 is 1.33 bits per heavy atom. The van der Waals surface area contributed by atoms with Gasteiger partial charge in [-0.15, -0.1) is 0 Å². The molecular formula is C21H25ClN4O7. The fourth-order valence-electron chi connectivity index (χ4n) is 4.88. The van der Waals surface area contributed by atoms with E-state index in [4.69, 9.17) is 16.3 Å². The monoisotopic (exact) mass is 480 g/mol. The van der Waals surface area contributed by atoms with E-state index >= 15 is 0 Å². The summed E-state index contributed by atoms with van der Waals surface area (Å²) in [6.45, 7) is 4.79. The first-order valence-electron chi connectivity index (χ1n) is 10.4. The minimum Gasteiger partial charge on any atom is -0.454 e. The molecule has 1 spiro atoms. The SMILES string of the molecule is CC1CC(C)(C)CC2(C1)NC(=O)N(CC(=O)OCC(=O)Nc1ccc([N+](=O)[O-])cc1Cl)C2=O. The number of imide groups is 1. The molecule has 1 aliphatic carbocycles. The second-order valence-corrected chi connectivity index (χ2v) is 9.80. The van der Waals surface area contributed by atoms with Gasteiger partial charge in [-0.1, -0.05) is 32.4 Å². The van der Waals surface area contributed by atoms with Crippen molar-refractivity contribution in [3.8, 4) is 0 Å². The topological polar surface area (TPSA) is 148 Å². The lowest BCUT2D eigenvalue weighted by Crippen LogP contribution is -2.54. The molecule has 2 fully saturated rings. The molecule has 4 amide bonds. The first-order chi connectivity index (χ1) is 15.3. The number of rotatable bonds is 6. The van der Waals surface area contributed by atoms with E-state index in [-0.39, 0.29) is 27.7 Å². The number of ether oxygens (including phenoxy) is 1. The van der Waals surface area contributed by atoms with E-state index in [1.54, 1.807) is 0 Å². The number of esters is 1. The third-order valence-corrected chi connectivity index (χ3v) is 6.03. The van der Waals surface area contributed by atoms with Gasteiger partial charge in [0.05, 0.1) is 15.6 Å². The second-order valence-electron chi connectivity index (χ2n) is 9.39. The average Bonchev–Trinajstić information content (AvgIpc) is 2.89. The molecule has 1 saturated carbocycles. The highest BCUT2D eigenvalue weighted by atomic mass is 35.5. The largest absolute Gasteiger partial charge is 0.454 e. The molecule has 2 aliphatic rings. The van der Waals surface area contributed by atoms with Crippen LogP contribution in [0.4, 0.5) is 16.2 Å². The van der Waals surface area contributed by atoms with E-state index in [0.29, 0.717) is 12.8 Å². The summed E-state index contributed by atoms with van der Waals surface area (Å²) < 4.78 is 4.90. The number of anilines is 1. The summed E-state index contributed by atoms with van der Waals surface area (Å²) in [5.74, 6) is -1.91. The highest BCUT2D eigenvalue weighted by molar-refractivity contribution is 6.34. The number of nitro groups is 1. The Balaban J connectivity index is 1.55. The fourth-order valence-corrected chi connectivity index (χ4v) is 5.10. The molecule has 1 heterocycles. The minimum absolute atomic E-state index is 0.0573. The summed E-state index contributed by atoms with van der Waals surface area (Å²) in [5, 5.41) is 15.8. The molecule has 1 aliphatic heterocycles. The zero-order valence-electron chi connectivity index (χ0n) is 18.5. The van der Waals surface area contributed by atoms with Gasteiger partial charge in [0.2, 0.25) is 0 Å². The van der Waals surface area contributed by atoms with Gasteiger partial charge in [0.15, 0.2) is 6.61 Å². The minimum atomic E-state index is -1.04. The highest BCUT2D eigenvalue weighted by Crippen LogP contribution is 2.46. The van der Waals surface area contributed by atoms with Crippen LogP contribution in [0.2, 0.25) is 5.02 Å². The van der Waals surface area contributed by atoms with E-state index < -0.39 is 47.4 Å². The lowest BCUT2D eigenvalue weighted by Gasteiger charge is -2.43. The van der Waals surface area contributed by atoms with Crippen LogP contribution in [0.15, 0.2) is 18.2 Å². The van der Waals surface area contributed by atoms with Crippen molar-refractivity contribution in [3.63, 3.8) is 0 Å². The van der Waals surface area contributed by atoms with Crippen LogP contribution in [0, 0.1) is 21.4 Å². The maximum absolute atomic E-state index is 13.0. The van der Waals surface area contributed by atoms with Crippen LogP contribution in [-0.2, 0) is 19.1 Å². The highest BCUT2D eigenvalue weighted by Gasteiger charge is 2.56. The van der Waals surface area contributed by atoms with Crippen molar-refractivity contribution in [2.24, 2.45) is 11.3 Å². The Bertz CT molecular complexity index is 1030. The Hall–Kier alpha value is -3.21. The molecule has 12 heteroatoms. The van der Waals surface area contributed by atoms with Crippen molar-refractivity contribution in [3.05, 3.63) is 33.3 Å². The van der Waals surface area contributed by atoms with E-state index in [1.165, 1.54) is 6.07 Å². The number of non-ortho nitro benzene ring substituents is 1. The van der Waals surface area contributed by atoms with Gasteiger partial charge >= 0.3 is 12.0 Å². The molecule has 178 valence electrons. The number of nitro benzene ring substituents is 1. The Kier molecular flexibility index (Phi) is 6.64. The molecule has 1 saturated heterocycles. The Labute approximate surface area is 194 Å². The quantitative estimate of drug-likeness (QED) is 0.275. The summed E-state index contributed by atoms with van der Waals surface area (Å²) in [6.07, 6.45) is 1.89. The number of benzene rings is 1. The number of carbonyl (C=O) groups is 4. The summed E-state index contributed by atoms with van der Waals surface area (Å²) in [4.78, 5) is 60.7. The summed E-state index contributed by atoms with van der Waals surface area (Å²) in [6, 6.07) is 2.82. The molecule has 0 aromatic heterocycles. The lowest BCUT2D eigenvalue weighted by molar-refractivity contribution is -0.384. The third kappa shape index (κ3) is 5.41. The maximum Gasteiger partial charge on any atom is 0.326 e. The molecular weight excluding hydrogens is 456 g/mol. The van der Waals surface area contributed by atoms with Crippen molar-refractivity contribution >= 4 is 46.8 Å². The van der Waals surface area contributed by atoms with Crippen LogP contribution in [0.3, 0.4) is 0 Å². The van der Waals surface area contributed by atoms with E-state index in [9.17, 15) is 29.3 Å². The van der Waals surface area contributed by atoms with Crippen molar-refractivity contribution in [1.82, 2.24) is 10.2 Å². The van der Waals surface area contributed by atoms with Gasteiger partial charge in [0, 0.05) is 12.1 Å². The van der Waals surface area contributed by atoms with Gasteiger partial charge in [-0.25, -0.2) is 4.79 Å². The molecule has 11 nitrogen and oxygen atoms in total. The number of urea groups is 1. The van der Waals surface area contributed by atoms with Gasteiger partial charge < -0.3 is 15.4 Å². The number of carbonyl (C=O) groups excluding carboxylic acids is 4. The average molecular weight is 481 g/mol. The summed E-state index contributed by atoms with van der Waals surface area (Å²) in [7, 11) is 0. The molecule has 1 aromatic rings. The van der Waals surface area contributed by atoms with Crippen LogP contribution in [-0.4, -0.2) is 52.3 Å². The lowest BCUT2D eigenvalue weighted by atomic mass is 9.64. The predicted molar refractivity (Wildman–Crippen MR) is 117 cm³/mol. The van der Waals surface area contributed by atoms with Crippen LogP contribution >= 0.6 is 11.6 Å². The van der Waals surface area contributed by atoms with Crippen LogP contribution in [0.25, 0.3) is 0 Å². The van der Waals surface area contributed by atoms with Gasteiger partial charge in [-0.3, -0.25) is 29.4 Å². The molecule has 0 bridgehead atoms. The number of hydrogen-bond donors (Lipinski definition) is 2. The molecule has 1 aromatic carbocycles. The zero-order chi connectivity index (χ0) is 24.6. The Morgan fingerprint density at radius 3 is 2.64 bits per heavy atom. The number of halogens is 1. The predicted octanol–water partition coefficient (Wildman–Crippen LogP) is 2.87. The van der Waals surface area contributed by atoms with Gasteiger partial charge in [-0.2, -0.15) is 0 Å². The zero-order valence-corrected chi connectivity index (χ0v) is 19.2.